The molecule has 0 bridgehead atoms. The molecule has 0 saturated carbocycles. The van der Waals surface area contributed by atoms with Gasteiger partial charge in [-0.25, -0.2) is 24.8 Å². The summed E-state index contributed by atoms with van der Waals surface area (Å²) in [6, 6.07) is 152. The number of nitrogens with zero attached hydrogens (tertiary/aromatic N) is 6. The van der Waals surface area contributed by atoms with Crippen LogP contribution in [0.2, 0.25) is 0 Å². The summed E-state index contributed by atoms with van der Waals surface area (Å²) in [6.45, 7) is 7.97. The van der Waals surface area contributed by atoms with Crippen molar-refractivity contribution in [2.75, 3.05) is 0 Å². The van der Waals surface area contributed by atoms with Gasteiger partial charge in [-0.15, -0.1) is 0 Å². The normalized spacial score (nSPS) is 12.5. The maximum absolute atomic E-state index is 10.0. The summed E-state index contributed by atoms with van der Waals surface area (Å²) >= 11 is 0. The fraction of sp³-hybridized carbons (Fsp3) is 0.0179. The second-order valence-electron chi connectivity index (χ2n) is 30.4. The highest BCUT2D eigenvalue weighted by atomic mass is 14.9. The number of nitriles is 1. The van der Waals surface area contributed by atoms with E-state index in [4.69, 9.17) is 26.5 Å². The molecule has 0 aliphatic heterocycles. The first-order chi connectivity index (χ1) is 58.4. The molecule has 0 N–H and O–H groups in total. The van der Waals surface area contributed by atoms with Crippen LogP contribution in [0.3, 0.4) is 0 Å². The lowest BCUT2D eigenvalue weighted by atomic mass is 9.67. The van der Waals surface area contributed by atoms with E-state index in [1.165, 1.54) is 83.1 Å². The maximum atomic E-state index is 10.0. The lowest BCUT2D eigenvalue weighted by Crippen LogP contribution is -2.28. The molecule has 0 amide bonds. The van der Waals surface area contributed by atoms with E-state index in [-0.39, 0.29) is 0 Å². The van der Waals surface area contributed by atoms with E-state index < -0.39 is 10.8 Å². The Morgan fingerprint density at radius 1 is 0.229 bits per heavy atom. The Kier molecular flexibility index (Phi) is 17.4. The number of fused-ring (bicyclic) bond motifs is 14. The summed E-state index contributed by atoms with van der Waals surface area (Å²) in [5, 5.41) is 12.4. The molecule has 548 valence electrons. The molecular formula is C112H70N6. The van der Waals surface area contributed by atoms with Gasteiger partial charge >= 0.3 is 0 Å². The van der Waals surface area contributed by atoms with Crippen LogP contribution < -0.4 is 0 Å². The van der Waals surface area contributed by atoms with Gasteiger partial charge in [0.1, 0.15) is 0 Å². The van der Waals surface area contributed by atoms with Gasteiger partial charge in [0.05, 0.1) is 51.8 Å². The van der Waals surface area contributed by atoms with Crippen molar-refractivity contribution in [1.82, 2.24) is 19.9 Å². The second kappa shape index (κ2) is 29.3. The minimum Gasteiger partial charge on any atom is -0.238 e. The topological polar surface area (TPSA) is 79.7 Å². The third-order valence-corrected chi connectivity index (χ3v) is 23.9. The lowest BCUT2D eigenvalue weighted by molar-refractivity contribution is 0.769. The molecule has 6 nitrogen and oxygen atoms in total. The molecule has 118 heavy (non-hydrogen) atoms. The van der Waals surface area contributed by atoms with Gasteiger partial charge in [0, 0.05) is 33.4 Å². The van der Waals surface area contributed by atoms with Crippen LogP contribution in [-0.4, -0.2) is 19.9 Å². The van der Waals surface area contributed by atoms with Gasteiger partial charge in [0.2, 0.25) is 0 Å². The van der Waals surface area contributed by atoms with Gasteiger partial charge in [-0.3, -0.25) is 0 Å². The molecule has 3 aliphatic rings. The summed E-state index contributed by atoms with van der Waals surface area (Å²) in [5.74, 6) is 1.39. The summed E-state index contributed by atoms with van der Waals surface area (Å²) in [7, 11) is 0. The van der Waals surface area contributed by atoms with Crippen molar-refractivity contribution in [3.63, 3.8) is 0 Å². The van der Waals surface area contributed by atoms with Gasteiger partial charge in [-0.05, 0) is 188 Å². The van der Waals surface area contributed by atoms with Crippen molar-refractivity contribution in [1.29, 1.82) is 5.26 Å². The number of rotatable bonds is 12. The highest BCUT2D eigenvalue weighted by molar-refractivity contribution is 5.99. The quantitative estimate of drug-likeness (QED) is 0.114. The van der Waals surface area contributed by atoms with Gasteiger partial charge < -0.3 is 0 Å². The molecule has 3 aliphatic carbocycles. The van der Waals surface area contributed by atoms with Gasteiger partial charge in [-0.2, -0.15) is 5.26 Å². The Bertz CT molecular complexity index is 7090. The Morgan fingerprint density at radius 2 is 0.610 bits per heavy atom. The Balaban J connectivity index is 0.000000147. The number of benzene rings is 17. The molecule has 2 aromatic heterocycles. The molecule has 0 unspecified atom stereocenters. The Labute approximate surface area is 685 Å². The summed E-state index contributed by atoms with van der Waals surface area (Å²) in [5.41, 5.74) is 35.9. The number of hydrogen-bond acceptors (Lipinski definition) is 5. The zero-order valence-electron chi connectivity index (χ0n) is 64.1. The monoisotopic (exact) mass is 1500 g/mol. The zero-order valence-corrected chi connectivity index (χ0v) is 64.1. The summed E-state index contributed by atoms with van der Waals surface area (Å²) < 4.78 is 0. The van der Waals surface area contributed by atoms with Gasteiger partial charge in [-0.1, -0.05) is 370 Å². The molecular weight excluding hydrogens is 1430 g/mol. The van der Waals surface area contributed by atoms with Crippen LogP contribution >= 0.6 is 0 Å². The van der Waals surface area contributed by atoms with Crippen molar-refractivity contribution in [3.8, 4) is 152 Å². The Hall–Kier alpha value is -15.9. The van der Waals surface area contributed by atoms with Gasteiger partial charge in [0.15, 0.2) is 17.3 Å². The smallest absolute Gasteiger partial charge is 0.187 e. The van der Waals surface area contributed by atoms with E-state index in [0.717, 1.165) is 106 Å². The Morgan fingerprint density at radius 3 is 1.18 bits per heavy atom. The highest BCUT2D eigenvalue weighted by Crippen LogP contribution is 2.64. The second-order valence-corrected chi connectivity index (χ2v) is 30.4. The first kappa shape index (κ1) is 70.0. The molecule has 19 aromatic rings. The molecule has 2 heterocycles. The van der Waals surface area contributed by atoms with Crippen LogP contribution in [0.15, 0.2) is 425 Å². The third-order valence-electron chi connectivity index (χ3n) is 23.9. The van der Waals surface area contributed by atoms with Crippen molar-refractivity contribution in [3.05, 3.63) is 486 Å². The number of aromatic nitrogens is 4. The summed E-state index contributed by atoms with van der Waals surface area (Å²) in [6.07, 6.45) is 0. The zero-order chi connectivity index (χ0) is 78.7. The number of hydrogen-bond donors (Lipinski definition) is 0. The first-order valence-electron chi connectivity index (χ1n) is 39.9. The van der Waals surface area contributed by atoms with E-state index in [0.29, 0.717) is 22.9 Å². The van der Waals surface area contributed by atoms with E-state index in [1.807, 2.05) is 66.7 Å². The molecule has 22 rings (SSSR count). The van der Waals surface area contributed by atoms with E-state index in [1.54, 1.807) is 0 Å². The first-order valence-corrected chi connectivity index (χ1v) is 39.9. The molecule has 0 saturated heterocycles. The average molecular weight is 1500 g/mol. The molecule has 17 aromatic carbocycles. The highest BCUT2D eigenvalue weighted by Gasteiger charge is 2.52. The van der Waals surface area contributed by atoms with Crippen molar-refractivity contribution < 1.29 is 0 Å². The van der Waals surface area contributed by atoms with E-state index >= 15 is 0 Å². The molecule has 0 atom stereocenters. The molecule has 1 spiro atoms. The third kappa shape index (κ3) is 11.9. The predicted octanol–water partition coefficient (Wildman–Crippen LogP) is 27.9. The van der Waals surface area contributed by atoms with Crippen LogP contribution in [0, 0.1) is 17.9 Å². The fourth-order valence-corrected chi connectivity index (χ4v) is 18.5. The fourth-order valence-electron chi connectivity index (χ4n) is 18.5. The van der Waals surface area contributed by atoms with E-state index in [2.05, 4.69) is 369 Å². The summed E-state index contributed by atoms with van der Waals surface area (Å²) in [4.78, 5) is 24.2. The van der Waals surface area contributed by atoms with Crippen molar-refractivity contribution in [2.24, 2.45) is 0 Å². The van der Waals surface area contributed by atoms with Crippen molar-refractivity contribution in [2.45, 2.75) is 10.8 Å². The minimum absolute atomic E-state index is 0.511. The predicted molar refractivity (Wildman–Crippen MR) is 481 cm³/mol. The van der Waals surface area contributed by atoms with E-state index in [9.17, 15) is 5.26 Å². The SMILES string of the molecule is N#Cc1ccc2c(c1)C1(c3ccccc3-c3ccccc31)c1cc(-c3ccc(-c4cccc(-c5cc(-c6ccccc6)nc(-c6ccccc6)n5)c4)cc3)ccc1-2.[C-]#[N+]c1ccc2c(c1)-c1c(-c3cccc(-c4ccc(-c5nc(-c6ccccc6)cc(-c6ccc7ccccc7c6)n5)cc4)c3)cccc1C2(c1ccccc1)c1ccccc1. The maximum Gasteiger partial charge on any atom is 0.187 e. The lowest BCUT2D eigenvalue weighted by Gasteiger charge is -2.34. The minimum atomic E-state index is -0.550. The van der Waals surface area contributed by atoms with Crippen molar-refractivity contribution >= 4 is 16.5 Å². The van der Waals surface area contributed by atoms with Crippen LogP contribution in [-0.2, 0) is 10.8 Å². The van der Waals surface area contributed by atoms with Gasteiger partial charge in [0.25, 0.3) is 0 Å². The largest absolute Gasteiger partial charge is 0.238 e. The standard InChI is InChI=1S/C58H37N3.C54H33N3/c1-59-49-33-34-52-51(37-49)56-50(25-14-26-53(56)58(52,47-21-7-3-8-22-47)48-23-9-4-10-24-48)45-20-13-19-44(35-45)40-27-30-42(31-28-40)57-60-54(41-16-5-2-6-17-41)38-55(61-57)46-32-29-39-15-11-12-18-43(39)36-46;55-34-35-22-28-45-46-29-27-41(32-50(46)54(49(45)30-35)47-20-9-7-18-43(47)44-19-8-10-21-48(44)54)37-25-23-36(24-26-37)40-16-11-17-42(31-40)52-33-51(38-12-3-1-4-13-38)56-53(57-52)39-14-5-2-6-15-39/h2-38H;1-33H. The molecule has 0 radical (unpaired) electrons. The van der Waals surface area contributed by atoms with Crippen LogP contribution in [0.5, 0.6) is 0 Å². The molecule has 6 heteroatoms. The molecule has 0 fully saturated rings. The average Bonchev–Trinajstić information content (AvgIpc) is 1.55. The van der Waals surface area contributed by atoms with Crippen LogP contribution in [0.4, 0.5) is 5.69 Å². The van der Waals surface area contributed by atoms with Crippen LogP contribution in [0.25, 0.3) is 161 Å². The van der Waals surface area contributed by atoms with Crippen LogP contribution in [0.1, 0.15) is 50.1 Å².